The van der Waals surface area contributed by atoms with Crippen molar-refractivity contribution >= 4 is 22.0 Å². The first-order valence-corrected chi connectivity index (χ1v) is 5.34. The van der Waals surface area contributed by atoms with Gasteiger partial charge in [-0.1, -0.05) is 28.1 Å². The fourth-order valence-corrected chi connectivity index (χ4v) is 1.50. The summed E-state index contributed by atoms with van der Waals surface area (Å²) in [5.74, 6) is 0. The van der Waals surface area contributed by atoms with Crippen LogP contribution in [0.15, 0.2) is 28.7 Å². The molecule has 0 atom stereocenters. The van der Waals surface area contributed by atoms with Gasteiger partial charge in [0.1, 0.15) is 6.67 Å². The van der Waals surface area contributed by atoms with Crippen LogP contribution in [-0.4, -0.2) is 19.3 Å². The molecule has 0 saturated heterocycles. The van der Waals surface area contributed by atoms with Crippen molar-refractivity contribution in [3.8, 4) is 0 Å². The summed E-state index contributed by atoms with van der Waals surface area (Å²) >= 11 is 3.33. The van der Waals surface area contributed by atoms with Crippen LogP contribution in [0.25, 0.3) is 0 Å². The monoisotopic (exact) mass is 274 g/mol. The number of hydrogen-bond donors (Lipinski definition) is 2. The van der Waals surface area contributed by atoms with E-state index in [1.807, 2.05) is 24.3 Å². The first-order valence-electron chi connectivity index (χ1n) is 4.54. The average molecular weight is 275 g/mol. The SMILES string of the molecule is O=C(NCCF)NCc1cccc(Br)c1. The molecule has 0 aromatic heterocycles. The topological polar surface area (TPSA) is 41.1 Å². The highest BCUT2D eigenvalue weighted by atomic mass is 79.9. The summed E-state index contributed by atoms with van der Waals surface area (Å²) in [6, 6.07) is 7.26. The third-order valence-corrected chi connectivity index (χ3v) is 2.22. The van der Waals surface area contributed by atoms with Crippen LogP contribution in [0.5, 0.6) is 0 Å². The number of hydrogen-bond acceptors (Lipinski definition) is 1. The second kappa shape index (κ2) is 6.40. The molecule has 5 heteroatoms. The lowest BCUT2D eigenvalue weighted by molar-refractivity contribution is 0.239. The second-order valence-electron chi connectivity index (χ2n) is 2.93. The Kier molecular flexibility index (Phi) is 5.10. The van der Waals surface area contributed by atoms with Crippen LogP contribution >= 0.6 is 15.9 Å². The minimum Gasteiger partial charge on any atom is -0.336 e. The highest BCUT2D eigenvalue weighted by Gasteiger charge is 1.99. The maximum atomic E-state index is 11.7. The summed E-state index contributed by atoms with van der Waals surface area (Å²) in [6.07, 6.45) is 0. The van der Waals surface area contributed by atoms with Gasteiger partial charge in [-0.2, -0.15) is 0 Å². The van der Waals surface area contributed by atoms with E-state index in [0.29, 0.717) is 6.54 Å². The molecular formula is C10H12BrFN2O. The molecule has 82 valence electrons. The van der Waals surface area contributed by atoms with E-state index < -0.39 is 6.67 Å². The van der Waals surface area contributed by atoms with Gasteiger partial charge in [0.15, 0.2) is 0 Å². The summed E-state index contributed by atoms with van der Waals surface area (Å²) in [7, 11) is 0. The van der Waals surface area contributed by atoms with E-state index in [9.17, 15) is 9.18 Å². The summed E-state index contributed by atoms with van der Waals surface area (Å²) in [5, 5.41) is 5.00. The molecule has 1 aromatic rings. The number of carbonyl (C=O) groups is 1. The lowest BCUT2D eigenvalue weighted by atomic mass is 10.2. The Balaban J connectivity index is 2.33. The number of urea groups is 1. The molecule has 0 fully saturated rings. The van der Waals surface area contributed by atoms with E-state index in [1.165, 1.54) is 0 Å². The minimum atomic E-state index is -0.551. The molecule has 15 heavy (non-hydrogen) atoms. The number of benzene rings is 1. The lowest BCUT2D eigenvalue weighted by Gasteiger charge is -2.06. The van der Waals surface area contributed by atoms with Crippen molar-refractivity contribution in [1.29, 1.82) is 0 Å². The van der Waals surface area contributed by atoms with Crippen LogP contribution in [0.3, 0.4) is 0 Å². The van der Waals surface area contributed by atoms with E-state index in [1.54, 1.807) is 0 Å². The average Bonchev–Trinajstić information content (AvgIpc) is 2.23. The molecule has 0 saturated carbocycles. The number of nitrogens with one attached hydrogen (secondary N) is 2. The van der Waals surface area contributed by atoms with Crippen LogP contribution < -0.4 is 10.6 Å². The molecule has 1 rings (SSSR count). The minimum absolute atomic E-state index is 0.0459. The van der Waals surface area contributed by atoms with Crippen molar-refractivity contribution in [3.63, 3.8) is 0 Å². The third-order valence-electron chi connectivity index (χ3n) is 1.72. The molecule has 2 N–H and O–H groups in total. The summed E-state index contributed by atoms with van der Waals surface area (Å²) in [6.45, 7) is -0.0772. The Morgan fingerprint density at radius 2 is 2.20 bits per heavy atom. The number of carbonyl (C=O) groups excluding carboxylic acids is 1. The van der Waals surface area contributed by atoms with Gasteiger partial charge < -0.3 is 10.6 Å². The molecule has 0 aliphatic rings. The van der Waals surface area contributed by atoms with Gasteiger partial charge in [-0.25, -0.2) is 9.18 Å². The Hall–Kier alpha value is -1.10. The molecular weight excluding hydrogens is 263 g/mol. The van der Waals surface area contributed by atoms with Gasteiger partial charge in [-0.05, 0) is 17.7 Å². The van der Waals surface area contributed by atoms with Crippen molar-refractivity contribution in [3.05, 3.63) is 34.3 Å². The quantitative estimate of drug-likeness (QED) is 0.869. The van der Waals surface area contributed by atoms with Crippen molar-refractivity contribution in [2.45, 2.75) is 6.54 Å². The van der Waals surface area contributed by atoms with Crippen LogP contribution in [0, 0.1) is 0 Å². The molecule has 0 radical (unpaired) electrons. The lowest BCUT2D eigenvalue weighted by Crippen LogP contribution is -2.36. The normalized spacial score (nSPS) is 9.73. The zero-order valence-electron chi connectivity index (χ0n) is 8.09. The standard InChI is InChI=1S/C10H12BrFN2O/c11-9-3-1-2-8(6-9)7-14-10(15)13-5-4-12/h1-3,6H,4-5,7H2,(H2,13,14,15). The molecule has 2 amide bonds. The van der Waals surface area contributed by atoms with Crippen LogP contribution in [0.1, 0.15) is 5.56 Å². The van der Waals surface area contributed by atoms with E-state index in [4.69, 9.17) is 0 Å². The van der Waals surface area contributed by atoms with Gasteiger partial charge >= 0.3 is 6.03 Å². The molecule has 0 aliphatic heterocycles. The van der Waals surface area contributed by atoms with E-state index >= 15 is 0 Å². The summed E-state index contributed by atoms with van der Waals surface area (Å²) in [5.41, 5.74) is 0.986. The fraction of sp³-hybridized carbons (Fsp3) is 0.300. The maximum Gasteiger partial charge on any atom is 0.315 e. The molecule has 0 aliphatic carbocycles. The largest absolute Gasteiger partial charge is 0.336 e. The van der Waals surface area contributed by atoms with Gasteiger partial charge in [0, 0.05) is 17.6 Å². The molecule has 1 aromatic carbocycles. The van der Waals surface area contributed by atoms with Crippen molar-refractivity contribution < 1.29 is 9.18 Å². The van der Waals surface area contributed by atoms with Crippen molar-refractivity contribution in [2.75, 3.05) is 13.2 Å². The predicted molar refractivity (Wildman–Crippen MR) is 60.4 cm³/mol. The van der Waals surface area contributed by atoms with Crippen LogP contribution in [0.4, 0.5) is 9.18 Å². The molecule has 0 unspecified atom stereocenters. The summed E-state index contributed by atoms with van der Waals surface area (Å²) < 4.78 is 12.7. The predicted octanol–water partition coefficient (Wildman–Crippen LogP) is 2.22. The van der Waals surface area contributed by atoms with Crippen molar-refractivity contribution in [1.82, 2.24) is 10.6 Å². The Bertz CT molecular complexity index is 333. The van der Waals surface area contributed by atoms with Gasteiger partial charge in [0.25, 0.3) is 0 Å². The van der Waals surface area contributed by atoms with Crippen molar-refractivity contribution in [2.24, 2.45) is 0 Å². The second-order valence-corrected chi connectivity index (χ2v) is 3.84. The van der Waals surface area contributed by atoms with Gasteiger partial charge in [0.05, 0.1) is 0 Å². The number of amides is 2. The molecule has 0 bridgehead atoms. The first kappa shape index (κ1) is 12.0. The van der Waals surface area contributed by atoms with Gasteiger partial charge in [0.2, 0.25) is 0 Å². The smallest absolute Gasteiger partial charge is 0.315 e. The molecule has 3 nitrogen and oxygen atoms in total. The van der Waals surface area contributed by atoms with Gasteiger partial charge in [-0.15, -0.1) is 0 Å². The zero-order valence-corrected chi connectivity index (χ0v) is 9.68. The Morgan fingerprint density at radius 1 is 1.40 bits per heavy atom. The Labute approximate surface area is 96.2 Å². The maximum absolute atomic E-state index is 11.7. The Morgan fingerprint density at radius 3 is 2.87 bits per heavy atom. The number of alkyl halides is 1. The molecule has 0 spiro atoms. The van der Waals surface area contributed by atoms with E-state index in [2.05, 4.69) is 26.6 Å². The van der Waals surface area contributed by atoms with E-state index in [-0.39, 0.29) is 12.6 Å². The van der Waals surface area contributed by atoms with Crippen LogP contribution in [0.2, 0.25) is 0 Å². The van der Waals surface area contributed by atoms with Crippen LogP contribution in [-0.2, 0) is 6.54 Å². The van der Waals surface area contributed by atoms with Gasteiger partial charge in [-0.3, -0.25) is 0 Å². The molecule has 0 heterocycles. The fourth-order valence-electron chi connectivity index (χ4n) is 1.05. The van der Waals surface area contributed by atoms with E-state index in [0.717, 1.165) is 10.0 Å². The summed E-state index contributed by atoms with van der Waals surface area (Å²) in [4.78, 5) is 11.1. The number of rotatable bonds is 4. The highest BCUT2D eigenvalue weighted by Crippen LogP contribution is 2.11. The third kappa shape index (κ3) is 4.78. The zero-order chi connectivity index (χ0) is 11.1. The highest BCUT2D eigenvalue weighted by molar-refractivity contribution is 9.10. The first-order chi connectivity index (χ1) is 7.22. The number of halogens is 2.